The molecular weight excluding hydrogens is 316 g/mol. The highest BCUT2D eigenvalue weighted by molar-refractivity contribution is 4.86. The molecule has 0 aromatic rings. The van der Waals surface area contributed by atoms with Crippen LogP contribution in [0, 0.1) is 0 Å². The van der Waals surface area contributed by atoms with E-state index in [2.05, 4.69) is 6.92 Å². The number of aliphatic hydroxyl groups is 2. The van der Waals surface area contributed by atoms with Gasteiger partial charge in [0.25, 0.3) is 0 Å². The summed E-state index contributed by atoms with van der Waals surface area (Å²) in [6.07, 6.45) is 15.5. The minimum absolute atomic E-state index is 0.111. The van der Waals surface area contributed by atoms with E-state index < -0.39 is 18.0 Å². The molecule has 0 aliphatic carbocycles. The summed E-state index contributed by atoms with van der Waals surface area (Å²) in [5, 5.41) is 19.1. The van der Waals surface area contributed by atoms with Crippen LogP contribution in [-0.4, -0.2) is 40.9 Å². The van der Waals surface area contributed by atoms with Gasteiger partial charge in [0.05, 0.1) is 12.7 Å². The van der Waals surface area contributed by atoms with Crippen LogP contribution in [-0.2, 0) is 9.47 Å². The summed E-state index contributed by atoms with van der Waals surface area (Å²) in [6, 6.07) is 0. The van der Waals surface area contributed by atoms with Gasteiger partial charge in [0.2, 0.25) is 0 Å². The van der Waals surface area contributed by atoms with Crippen LogP contribution in [0.15, 0.2) is 0 Å². The van der Waals surface area contributed by atoms with Crippen molar-refractivity contribution in [2.75, 3.05) is 6.61 Å². The Kier molecular flexibility index (Phi) is 12.0. The van der Waals surface area contributed by atoms with Crippen molar-refractivity contribution in [1.29, 1.82) is 0 Å². The first-order chi connectivity index (χ1) is 12.0. The zero-order valence-corrected chi connectivity index (χ0v) is 16.8. The summed E-state index contributed by atoms with van der Waals surface area (Å²) < 4.78 is 11.6. The van der Waals surface area contributed by atoms with Gasteiger partial charge in [-0.25, -0.2) is 0 Å². The van der Waals surface area contributed by atoms with Crippen molar-refractivity contribution in [1.82, 2.24) is 0 Å². The van der Waals surface area contributed by atoms with E-state index in [9.17, 15) is 10.2 Å². The Balaban J connectivity index is 2.00. The van der Waals surface area contributed by atoms with E-state index in [0.29, 0.717) is 0 Å². The van der Waals surface area contributed by atoms with Crippen molar-refractivity contribution in [3.05, 3.63) is 0 Å². The highest BCUT2D eigenvalue weighted by atomic mass is 16.8. The topological polar surface area (TPSA) is 58.9 Å². The standard InChI is InChI=1S/C21H42O4/c1-4-5-6-7-8-9-10-11-12-13-14-15-16-19-20(18(23)17-22)25-21(2,3)24-19/h18-20,22-23H,4-17H2,1-3H3/t18-,19-,20+/m1/s1. The van der Waals surface area contributed by atoms with Gasteiger partial charge < -0.3 is 19.7 Å². The lowest BCUT2D eigenvalue weighted by Crippen LogP contribution is -2.37. The molecule has 4 heteroatoms. The smallest absolute Gasteiger partial charge is 0.163 e. The van der Waals surface area contributed by atoms with Gasteiger partial charge in [0.15, 0.2) is 5.79 Å². The largest absolute Gasteiger partial charge is 0.394 e. The van der Waals surface area contributed by atoms with Crippen LogP contribution in [0.2, 0.25) is 0 Å². The molecule has 1 saturated heterocycles. The van der Waals surface area contributed by atoms with Crippen molar-refractivity contribution in [3.63, 3.8) is 0 Å². The van der Waals surface area contributed by atoms with Crippen molar-refractivity contribution in [2.45, 2.75) is 128 Å². The van der Waals surface area contributed by atoms with E-state index in [1.807, 2.05) is 13.8 Å². The summed E-state index contributed by atoms with van der Waals surface area (Å²) in [6.45, 7) is 5.72. The number of unbranched alkanes of at least 4 members (excludes halogenated alkanes) is 11. The summed E-state index contributed by atoms with van der Waals surface area (Å²) in [5.74, 6) is -0.664. The summed E-state index contributed by atoms with van der Waals surface area (Å²) in [5.41, 5.74) is 0. The predicted octanol–water partition coefficient (Wildman–Crippen LogP) is 4.95. The van der Waals surface area contributed by atoms with Crippen LogP contribution in [0.4, 0.5) is 0 Å². The van der Waals surface area contributed by atoms with Crippen molar-refractivity contribution in [2.24, 2.45) is 0 Å². The second-order valence-corrected chi connectivity index (χ2v) is 8.07. The van der Waals surface area contributed by atoms with Gasteiger partial charge in [0, 0.05) is 0 Å². The first-order valence-corrected chi connectivity index (χ1v) is 10.6. The monoisotopic (exact) mass is 358 g/mol. The Labute approximate surface area is 155 Å². The summed E-state index contributed by atoms with van der Waals surface area (Å²) in [4.78, 5) is 0. The predicted molar refractivity (Wildman–Crippen MR) is 103 cm³/mol. The van der Waals surface area contributed by atoms with Crippen molar-refractivity contribution >= 4 is 0 Å². The molecule has 150 valence electrons. The van der Waals surface area contributed by atoms with Crippen LogP contribution in [0.25, 0.3) is 0 Å². The van der Waals surface area contributed by atoms with Crippen LogP contribution in [0.3, 0.4) is 0 Å². The molecule has 1 heterocycles. The van der Waals surface area contributed by atoms with Gasteiger partial charge in [-0.3, -0.25) is 0 Å². The Hall–Kier alpha value is -0.160. The first kappa shape index (κ1) is 22.9. The lowest BCUT2D eigenvalue weighted by molar-refractivity contribution is -0.157. The molecule has 1 fully saturated rings. The van der Waals surface area contributed by atoms with Gasteiger partial charge in [-0.1, -0.05) is 84.0 Å². The summed E-state index contributed by atoms with van der Waals surface area (Å²) >= 11 is 0. The third-order valence-corrected chi connectivity index (χ3v) is 5.13. The number of ether oxygens (including phenoxy) is 2. The van der Waals surface area contributed by atoms with E-state index in [-0.39, 0.29) is 12.7 Å². The summed E-state index contributed by atoms with van der Waals surface area (Å²) in [7, 11) is 0. The lowest BCUT2D eigenvalue weighted by Gasteiger charge is -2.20. The SMILES string of the molecule is CCCCCCCCCCCCCC[C@H]1OC(C)(C)O[C@H]1[C@H](O)CO. The van der Waals surface area contributed by atoms with Crippen LogP contribution >= 0.6 is 0 Å². The van der Waals surface area contributed by atoms with E-state index in [1.54, 1.807) is 0 Å². The fraction of sp³-hybridized carbons (Fsp3) is 1.00. The zero-order chi connectivity index (χ0) is 18.5. The number of hydrogen-bond acceptors (Lipinski definition) is 4. The van der Waals surface area contributed by atoms with Gasteiger partial charge in [-0.2, -0.15) is 0 Å². The fourth-order valence-corrected chi connectivity index (χ4v) is 3.70. The molecule has 0 radical (unpaired) electrons. The number of hydrogen-bond donors (Lipinski definition) is 2. The Bertz CT molecular complexity index is 319. The Morgan fingerprint density at radius 2 is 1.28 bits per heavy atom. The minimum Gasteiger partial charge on any atom is -0.394 e. The van der Waals surface area contributed by atoms with Crippen molar-refractivity contribution < 1.29 is 19.7 Å². The number of aliphatic hydroxyl groups excluding tert-OH is 2. The molecule has 1 aliphatic heterocycles. The first-order valence-electron chi connectivity index (χ1n) is 10.6. The van der Waals surface area contributed by atoms with E-state index in [1.165, 1.54) is 70.6 Å². The van der Waals surface area contributed by atoms with E-state index >= 15 is 0 Å². The quantitative estimate of drug-likeness (QED) is 0.407. The molecule has 0 bridgehead atoms. The Morgan fingerprint density at radius 3 is 1.76 bits per heavy atom. The molecular formula is C21H42O4. The third kappa shape index (κ3) is 9.93. The Morgan fingerprint density at radius 1 is 0.800 bits per heavy atom. The molecule has 0 aromatic carbocycles. The third-order valence-electron chi connectivity index (χ3n) is 5.13. The second kappa shape index (κ2) is 13.1. The van der Waals surface area contributed by atoms with Crippen LogP contribution < -0.4 is 0 Å². The average molecular weight is 359 g/mol. The van der Waals surface area contributed by atoms with Gasteiger partial charge in [0.1, 0.15) is 12.2 Å². The molecule has 25 heavy (non-hydrogen) atoms. The normalized spacial score (nSPS) is 23.9. The van der Waals surface area contributed by atoms with Gasteiger partial charge >= 0.3 is 0 Å². The van der Waals surface area contributed by atoms with E-state index in [4.69, 9.17) is 9.47 Å². The highest BCUT2D eigenvalue weighted by Gasteiger charge is 2.43. The van der Waals surface area contributed by atoms with Crippen LogP contribution in [0.1, 0.15) is 104 Å². The number of rotatable bonds is 15. The van der Waals surface area contributed by atoms with Crippen LogP contribution in [0.5, 0.6) is 0 Å². The minimum atomic E-state index is -0.857. The molecule has 0 aromatic heterocycles. The maximum Gasteiger partial charge on any atom is 0.163 e. The second-order valence-electron chi connectivity index (χ2n) is 8.07. The molecule has 0 amide bonds. The molecule has 0 spiro atoms. The average Bonchev–Trinajstić information content (AvgIpc) is 2.90. The van der Waals surface area contributed by atoms with Crippen molar-refractivity contribution in [3.8, 4) is 0 Å². The molecule has 3 atom stereocenters. The van der Waals surface area contributed by atoms with E-state index in [0.717, 1.165) is 12.8 Å². The molecule has 2 N–H and O–H groups in total. The lowest BCUT2D eigenvalue weighted by atomic mass is 10.0. The molecule has 1 rings (SSSR count). The molecule has 0 unspecified atom stereocenters. The molecule has 1 aliphatic rings. The fourth-order valence-electron chi connectivity index (χ4n) is 3.70. The molecule has 4 nitrogen and oxygen atoms in total. The molecule has 0 saturated carbocycles. The maximum absolute atomic E-state index is 9.90. The zero-order valence-electron chi connectivity index (χ0n) is 16.8. The highest BCUT2D eigenvalue weighted by Crippen LogP contribution is 2.32. The maximum atomic E-state index is 9.90. The van der Waals surface area contributed by atoms with Gasteiger partial charge in [-0.15, -0.1) is 0 Å². The van der Waals surface area contributed by atoms with Gasteiger partial charge in [-0.05, 0) is 20.3 Å².